The summed E-state index contributed by atoms with van der Waals surface area (Å²) >= 11 is 0. The molecular weight excluding hydrogens is 2240 g/mol. The number of ketones is 3. The number of hydrogen-bond acceptors (Lipinski definition) is 9. The minimum absolute atomic E-state index is 0. The Kier molecular flexibility index (Phi) is 32.2. The first-order chi connectivity index (χ1) is 71.5. The molecule has 0 aliphatic carbocycles. The van der Waals surface area contributed by atoms with Crippen molar-refractivity contribution in [2.45, 2.75) is 282 Å². The molecule has 12 rings (SSSR count). The number of hydrogen-bond donors (Lipinski definition) is 3. The number of aliphatic hydroxyl groups excluding tert-OH is 3. The third-order valence-electron chi connectivity index (χ3n) is 26.0. The van der Waals surface area contributed by atoms with Crippen molar-refractivity contribution in [2.75, 3.05) is 0 Å². The fraction of sp³-hybridized carbons (Fsp3) is 0.400. The molecule has 0 saturated carbocycles. The summed E-state index contributed by atoms with van der Waals surface area (Å²) in [7, 11) is -7.01. The van der Waals surface area contributed by atoms with Gasteiger partial charge >= 0.3 is 0 Å². The zero-order valence-corrected chi connectivity index (χ0v) is 94.0. The van der Waals surface area contributed by atoms with Crippen molar-refractivity contribution in [3.63, 3.8) is 0 Å². The first-order valence-corrected chi connectivity index (χ1v) is 54.7. The number of rotatable bonds is 26. The molecule has 12 aromatic rings. The van der Waals surface area contributed by atoms with Crippen LogP contribution in [0.2, 0.25) is 57.3 Å². The normalized spacial score (nSPS) is 15.8. The largest absolute Gasteiger partial charge is 0.512 e. The smallest absolute Gasteiger partial charge is 0.167 e. The number of allylic oxidation sites excluding steroid dienone is 6. The molecule has 729 valence electrons. The molecule has 15 heteroatoms. The second-order valence-corrected chi connectivity index (χ2v) is 51.3. The van der Waals surface area contributed by atoms with Gasteiger partial charge in [0.15, 0.2) is 17.3 Å². The van der Waals surface area contributed by atoms with E-state index >= 15 is 0 Å². The van der Waals surface area contributed by atoms with Gasteiger partial charge in [0.25, 0.3) is 0 Å². The van der Waals surface area contributed by atoms with Gasteiger partial charge < -0.3 is 15.3 Å². The maximum atomic E-state index is 12.5. The first kappa shape index (κ1) is 84.5. The molecule has 3 radical (unpaired) electrons. The van der Waals surface area contributed by atoms with Gasteiger partial charge in [-0.05, 0) is 114 Å². The summed E-state index contributed by atoms with van der Waals surface area (Å²) in [6.07, 6.45) is 4.66. The van der Waals surface area contributed by atoms with Crippen molar-refractivity contribution in [1.29, 1.82) is 0 Å². The molecule has 0 atom stereocenters. The number of carbonyl (C=O) groups is 3. The van der Waals surface area contributed by atoms with Gasteiger partial charge in [0.2, 0.25) is 0 Å². The monoisotopic (exact) mass is 2420 g/mol. The third kappa shape index (κ3) is 31.7. The molecule has 135 heavy (non-hydrogen) atoms. The number of pyridine rings is 3. The molecule has 0 spiro atoms. The number of Topliss-reactive ketones (excluding diaryl/α,β-unsaturated/α-hetero) is 1. The van der Waals surface area contributed by atoms with Crippen LogP contribution in [0.15, 0.2) is 235 Å². The van der Waals surface area contributed by atoms with Gasteiger partial charge in [-0.1, -0.05) is 398 Å². The molecule has 3 aromatic heterocycles. The van der Waals surface area contributed by atoms with E-state index in [0.717, 1.165) is 109 Å². The summed E-state index contributed by atoms with van der Waals surface area (Å²) in [5.74, 6) is -4.21. The molecule has 0 aliphatic heterocycles. The van der Waals surface area contributed by atoms with Crippen LogP contribution >= 0.6 is 0 Å². The Morgan fingerprint density at radius 3 is 1.06 bits per heavy atom. The third-order valence-corrected chi connectivity index (χ3v) is 35.1. The predicted molar refractivity (Wildman–Crippen MR) is 577 cm³/mol. The van der Waals surface area contributed by atoms with Crippen molar-refractivity contribution >= 4 is 89.8 Å². The number of aliphatic hydroxyl groups is 3. The van der Waals surface area contributed by atoms with E-state index in [-0.39, 0.29) is 117 Å². The molecule has 0 unspecified atom stereocenters. The van der Waals surface area contributed by atoms with Crippen LogP contribution in [0, 0.1) is 92.5 Å². The quantitative estimate of drug-likeness (QED) is 0.0208. The fourth-order valence-corrected chi connectivity index (χ4v) is 20.6. The zero-order chi connectivity index (χ0) is 119. The van der Waals surface area contributed by atoms with Crippen molar-refractivity contribution < 1.29 is 123 Å². The number of aryl methyl sites for hydroxylation is 6. The van der Waals surface area contributed by atoms with Crippen molar-refractivity contribution in [1.82, 2.24) is 15.0 Å². The molecule has 9 nitrogen and oxygen atoms in total. The van der Waals surface area contributed by atoms with Crippen LogP contribution in [-0.2, 0) is 74.7 Å². The van der Waals surface area contributed by atoms with E-state index in [1.165, 1.54) is 48.9 Å². The SMILES string of the molecule is CCC(C)(CC)C(=O)C(C)=C(O)C(C)(CC)CC.[2H]C(C(=O)C(C)(C([2H])([2H])[2H])C([2H])([2H])[2H])=C(O)C([2H])(C)C.[2H]C(C(=O)C(C)(C)CC)=C(O)C(C)(C)CC.[2H]C([2H])([2H])c1[c-]c(-c2cc(-c3ccccc3)c3cc([Si](C)(C([2H])([2H])[2H])C([2H])([2H])[2H])ccc3n2)cc(C)c1.[2H]C([2H])([2H])c1[c-]c(-c2cc(-c3ccccc3)c3cc([Si](C)(C)C)ccc3n2)cc(C)c1.[2H]C([2H])([2H])c1[c-]c(-c2cc(-c3ccccc3)c3cc([Si](CC)(CC)CC)ccc3n2)cc(C)c1.[Ir].[Ir].[Ir]. The minimum atomic E-state index is -3.98. The number of aromatic nitrogens is 3. The van der Waals surface area contributed by atoms with Gasteiger partial charge in [-0.2, -0.15) is 0 Å². The number of fused-ring (bicyclic) bond motifs is 3. The maximum absolute atomic E-state index is 12.5. The second-order valence-electron chi connectivity index (χ2n) is 38.2. The number of benzene rings is 9. The van der Waals surface area contributed by atoms with Crippen molar-refractivity contribution in [2.24, 2.45) is 33.0 Å². The molecule has 3 heterocycles. The van der Waals surface area contributed by atoms with Gasteiger partial charge in [0, 0.05) is 157 Å². The Morgan fingerprint density at radius 1 is 0.430 bits per heavy atom. The standard InChI is InChI=1S/C29H32NSi.2C26H26NSi.C16H30O2.C13H24O2.C10H18O2.3Ir/c1-6-31(7-2,8-3)25-14-15-28-27(19-25)26(23-12-10-9-11-13-23)20-29(30-28)24-17-21(4)16-22(5)18-24;2*1-18-13-19(2)15-21(14-18)26-17-23(20-9-7-6-8-10-20)24-16-22(28(3,4)5)11-12-25(24)27-26;1-8-15(6,9-2)13(17)12(5)14(18)16(7,10-3)11-4;1-7-12(3,4)10(14)9-11(15)13(5,6)8-2;1-7(2)8(11)6-9(12)10(3,4)5;;;/h9-17,19-20H,6-8H2,1-5H3;2*6-14,16-17H,1-5H3;17H,8-11H2,1-7H3;9,14H,7-8H2,1-6H3;6-7,11H,1-5H3;;;/q3*-1;;;;;;/i5D3;2D3,3D3,4D3;2D3;;9D;3D3,4D3,6D,7D;;;. The molecule has 0 saturated heterocycles. The van der Waals surface area contributed by atoms with Gasteiger partial charge in [0.1, 0.15) is 11.5 Å². The molecule has 3 N–H and O–H groups in total. The van der Waals surface area contributed by atoms with Crippen LogP contribution in [0.1, 0.15) is 250 Å². The van der Waals surface area contributed by atoms with Gasteiger partial charge in [-0.15, -0.1) is 105 Å². The molecule has 0 amide bonds. The summed E-state index contributed by atoms with van der Waals surface area (Å²) < 4.78 is 186. The van der Waals surface area contributed by atoms with Crippen LogP contribution in [0.5, 0.6) is 0 Å². The van der Waals surface area contributed by atoms with Gasteiger partial charge in [-0.3, -0.25) is 29.3 Å². The van der Waals surface area contributed by atoms with E-state index < -0.39 is 111 Å². The van der Waals surface area contributed by atoms with Gasteiger partial charge in [-0.25, -0.2) is 0 Å². The molecule has 0 fully saturated rings. The van der Waals surface area contributed by atoms with Crippen LogP contribution in [0.3, 0.4) is 0 Å². The van der Waals surface area contributed by atoms with Gasteiger partial charge in [0.05, 0.1) is 49.3 Å². The average molecular weight is 2420 g/mol. The van der Waals surface area contributed by atoms with E-state index in [1.807, 2.05) is 155 Å². The average Bonchev–Trinajstić information content (AvgIpc) is 0.723. The Morgan fingerprint density at radius 2 is 0.763 bits per heavy atom. The Bertz CT molecular complexity index is 7090. The fourth-order valence-electron chi connectivity index (χ4n) is 15.0. The first-order valence-electron chi connectivity index (χ1n) is 58.1. The molecule has 0 bridgehead atoms. The molecule has 0 aliphatic rings. The van der Waals surface area contributed by atoms with E-state index in [2.05, 4.69) is 157 Å². The summed E-state index contributed by atoms with van der Waals surface area (Å²) in [5.41, 5.74) is 11.5. The van der Waals surface area contributed by atoms with Crippen molar-refractivity contribution in [3.8, 4) is 67.2 Å². The van der Waals surface area contributed by atoms with Crippen LogP contribution in [-0.4, -0.2) is 71.8 Å². The van der Waals surface area contributed by atoms with E-state index in [0.29, 0.717) is 63.8 Å². The molecular formula is C120H156Ir3N3O6Si3-3. The van der Waals surface area contributed by atoms with E-state index in [1.54, 1.807) is 57.2 Å². The van der Waals surface area contributed by atoms with E-state index in [4.69, 9.17) is 47.9 Å². The molecule has 9 aromatic carbocycles. The Labute approximate surface area is 891 Å². The second kappa shape index (κ2) is 51.4. The van der Waals surface area contributed by atoms with Crippen LogP contribution in [0.4, 0.5) is 0 Å². The number of nitrogens with zero attached hydrogens (tertiary/aromatic N) is 3. The minimum Gasteiger partial charge on any atom is -0.512 e. The summed E-state index contributed by atoms with van der Waals surface area (Å²) in [5, 5.41) is 36.1. The van der Waals surface area contributed by atoms with Crippen molar-refractivity contribution in [3.05, 3.63) is 287 Å². The maximum Gasteiger partial charge on any atom is 0.167 e. The predicted octanol–water partition coefficient (Wildman–Crippen LogP) is 32.4. The summed E-state index contributed by atoms with van der Waals surface area (Å²) in [4.78, 5) is 51.3. The Balaban J connectivity index is 0.000000406. The van der Waals surface area contributed by atoms with Crippen LogP contribution in [0.25, 0.3) is 99.9 Å². The van der Waals surface area contributed by atoms with Crippen LogP contribution < -0.4 is 15.6 Å². The number of carbonyl (C=O) groups excluding carboxylic acids is 3. The summed E-state index contributed by atoms with van der Waals surface area (Å²) in [6.45, 7) is 30.8. The summed E-state index contributed by atoms with van der Waals surface area (Å²) in [6, 6.07) is 76.6. The topological polar surface area (TPSA) is 151 Å². The Hall–Kier alpha value is -8.56. The van der Waals surface area contributed by atoms with E-state index in [9.17, 15) is 29.7 Å². The zero-order valence-electron chi connectivity index (χ0n) is 108.